The number of cyclic esters (lactones) is 1. The van der Waals surface area contributed by atoms with Gasteiger partial charge in [-0.3, -0.25) is 4.98 Å². The number of pyridine rings is 1. The van der Waals surface area contributed by atoms with E-state index in [2.05, 4.69) is 11.1 Å². The van der Waals surface area contributed by atoms with E-state index in [9.17, 15) is 4.79 Å². The van der Waals surface area contributed by atoms with Crippen LogP contribution in [0.2, 0.25) is 0 Å². The summed E-state index contributed by atoms with van der Waals surface area (Å²) in [6.07, 6.45) is 3.30. The maximum atomic E-state index is 12.5. The summed E-state index contributed by atoms with van der Waals surface area (Å²) in [4.78, 5) is 18.6. The van der Waals surface area contributed by atoms with Crippen LogP contribution in [-0.2, 0) is 4.74 Å². The van der Waals surface area contributed by atoms with Gasteiger partial charge in [-0.15, -0.1) is 0 Å². The number of benzene rings is 1. The number of ether oxygens (including phenoxy) is 1. The van der Waals surface area contributed by atoms with Crippen LogP contribution >= 0.6 is 0 Å². The lowest BCUT2D eigenvalue weighted by Gasteiger charge is -2.41. The number of hydrogen-bond donors (Lipinski definition) is 1. The van der Waals surface area contributed by atoms with Crippen molar-refractivity contribution in [2.24, 2.45) is 0 Å². The molecule has 0 aliphatic carbocycles. The minimum Gasteiger partial charge on any atom is -0.443 e. The first-order chi connectivity index (χ1) is 13.5. The maximum absolute atomic E-state index is 12.5. The molecule has 1 amide bonds. The molecule has 3 rings (SSSR count). The molecule has 1 fully saturated rings. The van der Waals surface area contributed by atoms with E-state index in [-0.39, 0.29) is 18.7 Å². The number of aliphatic hydroxyl groups is 1. The van der Waals surface area contributed by atoms with Gasteiger partial charge in [0.15, 0.2) is 0 Å². The van der Waals surface area contributed by atoms with Crippen molar-refractivity contribution in [1.82, 2.24) is 9.88 Å². The molecule has 1 aliphatic rings. The van der Waals surface area contributed by atoms with Gasteiger partial charge in [-0.25, -0.2) is 4.79 Å². The molecule has 1 N–H and O–H groups in total. The predicted octanol–water partition coefficient (Wildman–Crippen LogP) is 4.05. The molecule has 0 radical (unpaired) electrons. The molecule has 1 saturated heterocycles. The van der Waals surface area contributed by atoms with Crippen LogP contribution in [-0.4, -0.2) is 39.8 Å². The Morgan fingerprint density at radius 1 is 1.32 bits per heavy atom. The highest BCUT2D eigenvalue weighted by Gasteiger charge is 2.38. The zero-order chi connectivity index (χ0) is 20.1. The van der Waals surface area contributed by atoms with Crippen molar-refractivity contribution in [3.05, 3.63) is 53.7 Å². The Morgan fingerprint density at radius 3 is 2.64 bits per heavy atom. The summed E-state index contributed by atoms with van der Waals surface area (Å²) in [5.74, 6) is 0. The van der Waals surface area contributed by atoms with Crippen molar-refractivity contribution < 1.29 is 14.6 Å². The Kier molecular flexibility index (Phi) is 5.96. The summed E-state index contributed by atoms with van der Waals surface area (Å²) in [6, 6.07) is 13.5. The van der Waals surface area contributed by atoms with Gasteiger partial charge in [0.1, 0.15) is 11.7 Å². The maximum Gasteiger partial charge on any atom is 0.410 e. The van der Waals surface area contributed by atoms with Gasteiger partial charge in [0.05, 0.1) is 17.3 Å². The van der Waals surface area contributed by atoms with E-state index >= 15 is 0 Å². The first-order valence-corrected chi connectivity index (χ1v) is 9.53. The van der Waals surface area contributed by atoms with Gasteiger partial charge in [0.25, 0.3) is 0 Å². The average molecular weight is 379 g/mol. The van der Waals surface area contributed by atoms with E-state index < -0.39 is 5.60 Å². The first-order valence-electron chi connectivity index (χ1n) is 9.53. The summed E-state index contributed by atoms with van der Waals surface area (Å²) in [7, 11) is 0. The molecule has 2 atom stereocenters. The Bertz CT molecular complexity index is 858. The minimum absolute atomic E-state index is 0.0992. The number of aliphatic hydroxyl groups excluding tert-OH is 1. The number of hydrogen-bond acceptors (Lipinski definition) is 5. The fraction of sp³-hybridized carbons (Fsp3) is 0.409. The normalized spacial score (nSPS) is 20.4. The molecule has 1 aliphatic heterocycles. The molecule has 6 nitrogen and oxygen atoms in total. The zero-order valence-corrected chi connectivity index (χ0v) is 16.3. The Balaban J connectivity index is 1.68. The lowest BCUT2D eigenvalue weighted by atomic mass is 9.93. The molecule has 0 unspecified atom stereocenters. The van der Waals surface area contributed by atoms with Crippen molar-refractivity contribution in [2.45, 2.75) is 44.8 Å². The summed E-state index contributed by atoms with van der Waals surface area (Å²) < 4.78 is 5.69. The number of nitriles is 1. The molecule has 28 heavy (non-hydrogen) atoms. The van der Waals surface area contributed by atoms with Crippen molar-refractivity contribution in [1.29, 1.82) is 5.26 Å². The lowest BCUT2D eigenvalue weighted by Crippen LogP contribution is -2.48. The summed E-state index contributed by atoms with van der Waals surface area (Å²) in [5, 5.41) is 17.9. The number of nitrogens with zero attached hydrogens (tertiary/aromatic N) is 3. The monoisotopic (exact) mass is 379 g/mol. The fourth-order valence-corrected chi connectivity index (χ4v) is 3.49. The molecule has 0 saturated carbocycles. The highest BCUT2D eigenvalue weighted by atomic mass is 16.6. The molecule has 6 heteroatoms. The Labute approximate surface area is 165 Å². The van der Waals surface area contributed by atoms with Gasteiger partial charge in [-0.05, 0) is 44.4 Å². The highest BCUT2D eigenvalue weighted by Crippen LogP contribution is 2.33. The van der Waals surface area contributed by atoms with Gasteiger partial charge in [-0.2, -0.15) is 5.26 Å². The van der Waals surface area contributed by atoms with Crippen LogP contribution < -0.4 is 0 Å². The van der Waals surface area contributed by atoms with Crippen LogP contribution in [0.15, 0.2) is 42.6 Å². The number of aromatic nitrogens is 1. The number of carbonyl (C=O) groups excluding carboxylic acids is 1. The van der Waals surface area contributed by atoms with Crippen molar-refractivity contribution in [3.8, 4) is 17.3 Å². The molecule has 0 bridgehead atoms. The van der Waals surface area contributed by atoms with Gasteiger partial charge in [-0.1, -0.05) is 24.3 Å². The lowest BCUT2D eigenvalue weighted by molar-refractivity contribution is -0.0521. The van der Waals surface area contributed by atoms with Gasteiger partial charge in [0, 0.05) is 31.3 Å². The van der Waals surface area contributed by atoms with Crippen LogP contribution in [0.4, 0.5) is 4.79 Å². The average Bonchev–Trinajstić information content (AvgIpc) is 2.72. The second-order valence-electron chi connectivity index (χ2n) is 7.43. The molecular weight excluding hydrogens is 354 g/mol. The number of amides is 1. The highest BCUT2D eigenvalue weighted by molar-refractivity contribution is 5.70. The van der Waals surface area contributed by atoms with E-state index in [0.717, 1.165) is 23.2 Å². The molecular formula is C22H25N3O3. The molecule has 1 aromatic heterocycles. The smallest absolute Gasteiger partial charge is 0.410 e. The van der Waals surface area contributed by atoms with E-state index in [1.165, 1.54) is 0 Å². The Morgan fingerprint density at radius 2 is 2.07 bits per heavy atom. The van der Waals surface area contributed by atoms with E-state index in [1.54, 1.807) is 17.2 Å². The number of carbonyl (C=O) groups is 1. The van der Waals surface area contributed by atoms with Crippen LogP contribution in [0.25, 0.3) is 11.3 Å². The molecule has 2 aromatic rings. The topological polar surface area (TPSA) is 86.5 Å². The predicted molar refractivity (Wildman–Crippen MR) is 105 cm³/mol. The van der Waals surface area contributed by atoms with Crippen molar-refractivity contribution in [3.63, 3.8) is 0 Å². The van der Waals surface area contributed by atoms with Crippen LogP contribution in [0.1, 0.15) is 50.3 Å². The van der Waals surface area contributed by atoms with Gasteiger partial charge < -0.3 is 14.7 Å². The standard InChI is InChI=1S/C22H25N3O3/c1-16(25-12-11-22(2,10-3-13-26)28-21(25)27)18-5-7-19(8-6-18)20-9-4-17(14-23)15-24-20/h4-9,15-16,26H,3,10-13H2,1-2H3/t16-,22+/m0/s1. The first kappa shape index (κ1) is 19.8. The third kappa shape index (κ3) is 4.32. The van der Waals surface area contributed by atoms with E-state index in [0.29, 0.717) is 24.9 Å². The van der Waals surface area contributed by atoms with Gasteiger partial charge in [0.2, 0.25) is 0 Å². The third-order valence-electron chi connectivity index (χ3n) is 5.36. The zero-order valence-electron chi connectivity index (χ0n) is 16.3. The summed E-state index contributed by atoms with van der Waals surface area (Å²) in [6.45, 7) is 4.66. The fourth-order valence-electron chi connectivity index (χ4n) is 3.49. The Hall–Kier alpha value is -2.91. The quantitative estimate of drug-likeness (QED) is 0.818. The second-order valence-corrected chi connectivity index (χ2v) is 7.43. The van der Waals surface area contributed by atoms with Crippen molar-refractivity contribution in [2.75, 3.05) is 13.2 Å². The van der Waals surface area contributed by atoms with Crippen LogP contribution in [0, 0.1) is 11.3 Å². The van der Waals surface area contributed by atoms with Gasteiger partial charge >= 0.3 is 6.09 Å². The summed E-state index contributed by atoms with van der Waals surface area (Å²) >= 11 is 0. The molecule has 2 heterocycles. The third-order valence-corrected chi connectivity index (χ3v) is 5.36. The molecule has 1 aromatic carbocycles. The number of rotatable bonds is 6. The van der Waals surface area contributed by atoms with E-state index in [1.807, 2.05) is 44.2 Å². The van der Waals surface area contributed by atoms with E-state index in [4.69, 9.17) is 15.1 Å². The summed E-state index contributed by atoms with van der Waals surface area (Å²) in [5.41, 5.74) is 2.81. The van der Waals surface area contributed by atoms with Crippen LogP contribution in [0.3, 0.4) is 0 Å². The molecule has 0 spiro atoms. The van der Waals surface area contributed by atoms with Crippen LogP contribution in [0.5, 0.6) is 0 Å². The second kappa shape index (κ2) is 8.41. The largest absolute Gasteiger partial charge is 0.443 e. The minimum atomic E-state index is -0.499. The molecule has 146 valence electrons. The van der Waals surface area contributed by atoms with Crippen molar-refractivity contribution >= 4 is 6.09 Å². The SMILES string of the molecule is C[C@@H](c1ccc(-c2ccc(C#N)cn2)cc1)N1CC[C@@](C)(CCCO)OC1=O.